The van der Waals surface area contributed by atoms with Gasteiger partial charge in [0.15, 0.2) is 0 Å². The molecule has 0 N–H and O–H groups in total. The molecular formula is C28H37N3O2. The molecule has 1 saturated heterocycles. The summed E-state index contributed by atoms with van der Waals surface area (Å²) in [6.45, 7) is 1.27. The first-order valence-corrected chi connectivity index (χ1v) is 12.5. The summed E-state index contributed by atoms with van der Waals surface area (Å²) in [4.78, 5) is 34.7. The lowest BCUT2D eigenvalue weighted by Gasteiger charge is -2.43. The Morgan fingerprint density at radius 3 is 2.61 bits per heavy atom. The fourth-order valence-electron chi connectivity index (χ4n) is 5.84. The van der Waals surface area contributed by atoms with Crippen molar-refractivity contribution in [2.75, 3.05) is 27.2 Å². The van der Waals surface area contributed by atoms with E-state index in [0.717, 1.165) is 42.5 Å². The summed E-state index contributed by atoms with van der Waals surface area (Å²) in [7, 11) is 3.66. The number of carbonyl (C=O) groups is 2. The molecule has 0 unspecified atom stereocenters. The molecule has 5 heteroatoms. The lowest BCUT2D eigenvalue weighted by molar-refractivity contribution is -0.147. The van der Waals surface area contributed by atoms with Crippen molar-refractivity contribution in [2.45, 2.75) is 57.8 Å². The van der Waals surface area contributed by atoms with Gasteiger partial charge in [-0.05, 0) is 48.8 Å². The van der Waals surface area contributed by atoms with Crippen molar-refractivity contribution in [3.63, 3.8) is 0 Å². The molecule has 0 radical (unpaired) electrons. The van der Waals surface area contributed by atoms with E-state index in [2.05, 4.69) is 23.2 Å². The minimum absolute atomic E-state index is 0.122. The molecule has 1 aromatic carbocycles. The van der Waals surface area contributed by atoms with Crippen LogP contribution in [0.5, 0.6) is 0 Å². The average molecular weight is 448 g/mol. The Balaban J connectivity index is 1.57. The molecule has 2 aromatic rings. The number of piperidine rings is 1. The Labute approximate surface area is 198 Å². The van der Waals surface area contributed by atoms with Crippen LogP contribution in [0.3, 0.4) is 0 Å². The molecule has 2 heterocycles. The highest BCUT2D eigenvalue weighted by molar-refractivity contribution is 5.85. The smallest absolute Gasteiger partial charge is 0.230 e. The van der Waals surface area contributed by atoms with Crippen LogP contribution in [-0.4, -0.2) is 53.8 Å². The molecule has 0 bridgehead atoms. The molecule has 33 heavy (non-hydrogen) atoms. The van der Waals surface area contributed by atoms with Crippen LogP contribution < -0.4 is 0 Å². The zero-order chi connectivity index (χ0) is 23.3. The van der Waals surface area contributed by atoms with Gasteiger partial charge >= 0.3 is 0 Å². The molecule has 1 aromatic heterocycles. The second kappa shape index (κ2) is 10.5. The van der Waals surface area contributed by atoms with Crippen molar-refractivity contribution in [1.29, 1.82) is 0 Å². The standard InChI is InChI=1S/C28H37N3O2/c1-30(2)27(33)28(19-23-11-5-6-13-25(23)24-12-7-17-29-20-24)16-8-18-31(21-28)26(32)15-14-22-9-3-4-10-22/h5-7,11-13,17,20,22H,3-4,8-10,14-16,18-19,21H2,1-2H3/t28-/m0/s1. The molecule has 4 rings (SSSR count). The summed E-state index contributed by atoms with van der Waals surface area (Å²) in [5, 5.41) is 0. The average Bonchev–Trinajstić information content (AvgIpc) is 3.37. The zero-order valence-electron chi connectivity index (χ0n) is 20.1. The third kappa shape index (κ3) is 5.45. The van der Waals surface area contributed by atoms with Crippen LogP contribution in [0.2, 0.25) is 0 Å². The fraction of sp³-hybridized carbons (Fsp3) is 0.536. The number of likely N-dealkylation sites (tertiary alicyclic amines) is 1. The first-order valence-electron chi connectivity index (χ1n) is 12.5. The van der Waals surface area contributed by atoms with Crippen LogP contribution in [0.25, 0.3) is 11.1 Å². The fourth-order valence-corrected chi connectivity index (χ4v) is 5.84. The summed E-state index contributed by atoms with van der Waals surface area (Å²) in [6, 6.07) is 12.3. The number of nitrogens with zero attached hydrogens (tertiary/aromatic N) is 3. The summed E-state index contributed by atoms with van der Waals surface area (Å²) < 4.78 is 0. The number of amides is 2. The van der Waals surface area contributed by atoms with Gasteiger partial charge in [0.05, 0.1) is 5.41 Å². The number of pyridine rings is 1. The third-order valence-corrected chi connectivity index (χ3v) is 7.55. The van der Waals surface area contributed by atoms with E-state index in [1.807, 2.05) is 43.4 Å². The minimum Gasteiger partial charge on any atom is -0.348 e. The van der Waals surface area contributed by atoms with E-state index < -0.39 is 5.41 Å². The van der Waals surface area contributed by atoms with Crippen LogP contribution in [0.15, 0.2) is 48.8 Å². The number of aromatic nitrogens is 1. The number of hydrogen-bond donors (Lipinski definition) is 0. The largest absolute Gasteiger partial charge is 0.348 e. The highest BCUT2D eigenvalue weighted by atomic mass is 16.2. The van der Waals surface area contributed by atoms with Crippen LogP contribution >= 0.6 is 0 Å². The van der Waals surface area contributed by atoms with E-state index in [1.54, 1.807) is 11.1 Å². The molecule has 1 aliphatic carbocycles. The van der Waals surface area contributed by atoms with Crippen LogP contribution in [-0.2, 0) is 16.0 Å². The van der Waals surface area contributed by atoms with Crippen molar-refractivity contribution in [2.24, 2.45) is 11.3 Å². The Bertz CT molecular complexity index is 953. The summed E-state index contributed by atoms with van der Waals surface area (Å²) in [5.41, 5.74) is 2.71. The van der Waals surface area contributed by atoms with Gasteiger partial charge in [0.1, 0.15) is 0 Å². The molecule has 0 spiro atoms. The van der Waals surface area contributed by atoms with Gasteiger partial charge in [-0.1, -0.05) is 56.0 Å². The lowest BCUT2D eigenvalue weighted by atomic mass is 9.72. The van der Waals surface area contributed by atoms with Gasteiger partial charge in [0.2, 0.25) is 11.8 Å². The molecule has 2 amide bonds. The predicted molar refractivity (Wildman–Crippen MR) is 132 cm³/mol. The number of rotatable bonds is 7. The molecule has 5 nitrogen and oxygen atoms in total. The predicted octanol–water partition coefficient (Wildman–Crippen LogP) is 4.96. The minimum atomic E-state index is -0.594. The Hall–Kier alpha value is -2.69. The molecule has 1 atom stereocenters. The summed E-state index contributed by atoms with van der Waals surface area (Å²) >= 11 is 0. The van der Waals surface area contributed by atoms with E-state index in [0.29, 0.717) is 25.3 Å². The molecular weight excluding hydrogens is 410 g/mol. The van der Waals surface area contributed by atoms with Gasteiger partial charge in [0.25, 0.3) is 0 Å². The first-order chi connectivity index (χ1) is 16.0. The highest BCUT2D eigenvalue weighted by Gasteiger charge is 2.44. The maximum atomic E-state index is 13.6. The molecule has 2 aliphatic rings. The molecule has 1 aliphatic heterocycles. The van der Waals surface area contributed by atoms with E-state index in [1.165, 1.54) is 25.7 Å². The Morgan fingerprint density at radius 2 is 1.88 bits per heavy atom. The third-order valence-electron chi connectivity index (χ3n) is 7.55. The molecule has 1 saturated carbocycles. The van der Waals surface area contributed by atoms with Gasteiger partial charge in [-0.2, -0.15) is 0 Å². The monoisotopic (exact) mass is 447 g/mol. The second-order valence-electron chi connectivity index (χ2n) is 10.2. The van der Waals surface area contributed by atoms with Gasteiger partial charge in [0, 0.05) is 51.6 Å². The van der Waals surface area contributed by atoms with Gasteiger partial charge in [-0.3, -0.25) is 14.6 Å². The number of benzene rings is 1. The quantitative estimate of drug-likeness (QED) is 0.603. The van der Waals surface area contributed by atoms with Gasteiger partial charge in [-0.25, -0.2) is 0 Å². The number of hydrogen-bond acceptors (Lipinski definition) is 3. The van der Waals surface area contributed by atoms with Crippen molar-refractivity contribution in [1.82, 2.24) is 14.8 Å². The SMILES string of the molecule is CN(C)C(=O)[C@]1(Cc2ccccc2-c2cccnc2)CCCN(C(=O)CCC2CCCC2)C1. The van der Waals surface area contributed by atoms with E-state index in [4.69, 9.17) is 0 Å². The topological polar surface area (TPSA) is 53.5 Å². The van der Waals surface area contributed by atoms with Crippen molar-refractivity contribution < 1.29 is 9.59 Å². The van der Waals surface area contributed by atoms with Gasteiger partial charge < -0.3 is 9.80 Å². The maximum Gasteiger partial charge on any atom is 0.230 e. The number of carbonyl (C=O) groups excluding carboxylic acids is 2. The normalized spacial score (nSPS) is 21.2. The Morgan fingerprint density at radius 1 is 1.09 bits per heavy atom. The summed E-state index contributed by atoms with van der Waals surface area (Å²) in [5.74, 6) is 1.05. The van der Waals surface area contributed by atoms with Crippen molar-refractivity contribution in [3.05, 3.63) is 54.4 Å². The molecule has 2 fully saturated rings. The Kier molecular flexibility index (Phi) is 7.46. The van der Waals surface area contributed by atoms with Crippen molar-refractivity contribution in [3.8, 4) is 11.1 Å². The van der Waals surface area contributed by atoms with Crippen molar-refractivity contribution >= 4 is 11.8 Å². The highest BCUT2D eigenvalue weighted by Crippen LogP contribution is 2.38. The maximum absolute atomic E-state index is 13.6. The van der Waals surface area contributed by atoms with Gasteiger partial charge in [-0.15, -0.1) is 0 Å². The zero-order valence-corrected chi connectivity index (χ0v) is 20.1. The lowest BCUT2D eigenvalue weighted by Crippen LogP contribution is -2.54. The van der Waals surface area contributed by atoms with E-state index in [-0.39, 0.29) is 11.8 Å². The van der Waals surface area contributed by atoms with Crippen LogP contribution in [0.1, 0.15) is 56.9 Å². The molecule has 176 valence electrons. The van der Waals surface area contributed by atoms with E-state index in [9.17, 15) is 9.59 Å². The summed E-state index contributed by atoms with van der Waals surface area (Å²) in [6.07, 6.45) is 12.7. The second-order valence-corrected chi connectivity index (χ2v) is 10.2. The van der Waals surface area contributed by atoms with Crippen LogP contribution in [0, 0.1) is 11.3 Å². The van der Waals surface area contributed by atoms with Crippen LogP contribution in [0.4, 0.5) is 0 Å². The first kappa shape index (κ1) is 23.5. The van der Waals surface area contributed by atoms with E-state index >= 15 is 0 Å².